The second kappa shape index (κ2) is 9.05. The second-order valence-electron chi connectivity index (χ2n) is 8.31. The van der Waals surface area contributed by atoms with Gasteiger partial charge in [-0.25, -0.2) is 23.7 Å². The van der Waals surface area contributed by atoms with Crippen LogP contribution in [0.5, 0.6) is 5.88 Å². The van der Waals surface area contributed by atoms with E-state index in [1.165, 1.54) is 0 Å². The van der Waals surface area contributed by atoms with Crippen molar-refractivity contribution in [3.63, 3.8) is 0 Å². The molecule has 2 aliphatic heterocycles. The van der Waals surface area contributed by atoms with E-state index in [-0.39, 0.29) is 23.0 Å². The number of anilines is 2. The number of hydrogen-bond acceptors (Lipinski definition) is 7. The van der Waals surface area contributed by atoms with Crippen molar-refractivity contribution in [3.8, 4) is 5.88 Å². The molecule has 0 radical (unpaired) electrons. The largest absolute Gasteiger partial charge is 0.471 e. The summed E-state index contributed by atoms with van der Waals surface area (Å²) in [6.45, 7) is 1.98. The normalized spacial score (nSPS) is 20.4. The number of amides is 1. The van der Waals surface area contributed by atoms with Crippen LogP contribution in [0.3, 0.4) is 0 Å². The summed E-state index contributed by atoms with van der Waals surface area (Å²) in [5, 5.41) is 0.155. The van der Waals surface area contributed by atoms with Crippen molar-refractivity contribution < 1.29 is 22.5 Å². The number of rotatable bonds is 8. The first kappa shape index (κ1) is 22.5. The third kappa shape index (κ3) is 5.20. The minimum Gasteiger partial charge on any atom is -0.471 e. The van der Waals surface area contributed by atoms with Gasteiger partial charge in [0.25, 0.3) is 5.92 Å². The number of alkyl halides is 2. The summed E-state index contributed by atoms with van der Waals surface area (Å²) < 4.78 is 42.2. The zero-order chi connectivity index (χ0) is 22.9. The van der Waals surface area contributed by atoms with Gasteiger partial charge in [0.1, 0.15) is 0 Å². The lowest BCUT2D eigenvalue weighted by Gasteiger charge is -2.37. The fourth-order valence-corrected chi connectivity index (χ4v) is 4.50. The second-order valence-corrected chi connectivity index (χ2v) is 9.97. The smallest absolute Gasteiger partial charge is 0.278 e. The maximum Gasteiger partial charge on any atom is 0.278 e. The van der Waals surface area contributed by atoms with Gasteiger partial charge >= 0.3 is 0 Å². The van der Waals surface area contributed by atoms with E-state index in [2.05, 4.69) is 15.0 Å². The van der Waals surface area contributed by atoms with E-state index < -0.39 is 23.3 Å². The van der Waals surface area contributed by atoms with Crippen molar-refractivity contribution in [3.05, 3.63) is 36.3 Å². The van der Waals surface area contributed by atoms with Gasteiger partial charge in [-0.15, -0.1) is 0 Å². The van der Waals surface area contributed by atoms with Gasteiger partial charge < -0.3 is 14.5 Å². The van der Waals surface area contributed by atoms with Gasteiger partial charge in [0.2, 0.25) is 17.7 Å². The van der Waals surface area contributed by atoms with Crippen molar-refractivity contribution in [2.45, 2.75) is 30.9 Å². The molecular weight excluding hydrogens is 440 g/mol. The van der Waals surface area contributed by atoms with E-state index >= 15 is 0 Å². The lowest BCUT2D eigenvalue weighted by Crippen LogP contribution is -2.53. The summed E-state index contributed by atoms with van der Waals surface area (Å²) in [5.41, 5.74) is 1.49. The first-order valence-electron chi connectivity index (χ1n) is 10.4. The van der Waals surface area contributed by atoms with Gasteiger partial charge in [-0.3, -0.25) is 9.00 Å². The lowest BCUT2D eigenvalue weighted by molar-refractivity contribution is -0.120. The average Bonchev–Trinajstić information content (AvgIpc) is 3.06. The molecule has 172 valence electrons. The van der Waals surface area contributed by atoms with Gasteiger partial charge in [0.15, 0.2) is 6.61 Å². The molecule has 0 aliphatic carbocycles. The number of carbonyl (C=O) groups excluding carboxylic acids is 1. The van der Waals surface area contributed by atoms with E-state index in [9.17, 15) is 17.8 Å². The summed E-state index contributed by atoms with van der Waals surface area (Å²) in [5.74, 6) is -2.41. The molecule has 0 bridgehead atoms. The predicted molar refractivity (Wildman–Crippen MR) is 117 cm³/mol. The topological polar surface area (TPSA) is 88.5 Å². The molecule has 1 amide bonds. The monoisotopic (exact) mass is 465 g/mol. The van der Waals surface area contributed by atoms with E-state index in [1.807, 2.05) is 4.90 Å². The van der Waals surface area contributed by atoms with Crippen molar-refractivity contribution in [2.24, 2.45) is 5.92 Å². The molecule has 2 aromatic heterocycles. The first-order valence-corrected chi connectivity index (χ1v) is 12.0. The van der Waals surface area contributed by atoms with Crippen molar-refractivity contribution in [1.82, 2.24) is 15.0 Å². The molecule has 2 aromatic rings. The summed E-state index contributed by atoms with van der Waals surface area (Å²) in [7, 11) is -0.848. The highest BCUT2D eigenvalue weighted by Gasteiger charge is 2.34. The number of carbonyl (C=O) groups is 1. The van der Waals surface area contributed by atoms with E-state index in [0.29, 0.717) is 44.1 Å². The SMILES string of the molecule is CS(=O)C1CN(c2ncc(N3CCC(Cc4ccc(OCC(C)(F)F)nc4)C3=O)cn2)C1. The van der Waals surface area contributed by atoms with E-state index in [4.69, 9.17) is 4.74 Å². The molecule has 0 spiro atoms. The molecule has 11 heteroatoms. The quantitative estimate of drug-likeness (QED) is 0.590. The summed E-state index contributed by atoms with van der Waals surface area (Å²) >= 11 is 0. The van der Waals surface area contributed by atoms with Crippen LogP contribution in [0.2, 0.25) is 0 Å². The fourth-order valence-electron chi connectivity index (χ4n) is 3.72. The maximum absolute atomic E-state index is 12.9. The molecule has 2 fully saturated rings. The standard InChI is InChI=1S/C21H25F2N5O3S/c1-21(22,23)13-31-18-4-3-14(8-24-18)7-15-5-6-28(19(15)29)16-9-25-20(26-10-16)27-11-17(12-27)32(2)30/h3-4,8-10,15,17H,5-7,11-13H2,1-2H3. The van der Waals surface area contributed by atoms with Crippen molar-refractivity contribution in [1.29, 1.82) is 0 Å². The Morgan fingerprint density at radius 3 is 2.50 bits per heavy atom. The highest BCUT2D eigenvalue weighted by Crippen LogP contribution is 2.28. The molecule has 2 unspecified atom stereocenters. The van der Waals surface area contributed by atoms with Gasteiger partial charge in [0, 0.05) is 61.8 Å². The molecule has 8 nitrogen and oxygen atoms in total. The van der Waals surface area contributed by atoms with Gasteiger partial charge in [-0.1, -0.05) is 6.07 Å². The predicted octanol–water partition coefficient (Wildman–Crippen LogP) is 2.07. The van der Waals surface area contributed by atoms with Crippen LogP contribution in [0, 0.1) is 5.92 Å². The molecule has 4 heterocycles. The highest BCUT2D eigenvalue weighted by molar-refractivity contribution is 7.85. The Bertz CT molecular complexity index is 978. The Morgan fingerprint density at radius 2 is 1.91 bits per heavy atom. The number of halogens is 2. The van der Waals surface area contributed by atoms with Crippen molar-refractivity contribution >= 4 is 28.3 Å². The summed E-state index contributed by atoms with van der Waals surface area (Å²) in [4.78, 5) is 29.3. The van der Waals surface area contributed by atoms with Crippen LogP contribution in [0.4, 0.5) is 20.4 Å². The van der Waals surface area contributed by atoms with Gasteiger partial charge in [0.05, 0.1) is 23.3 Å². The fraction of sp³-hybridized carbons (Fsp3) is 0.524. The molecule has 2 aliphatic rings. The third-order valence-corrected chi connectivity index (χ3v) is 6.84. The first-order chi connectivity index (χ1) is 15.2. The Kier molecular flexibility index (Phi) is 6.36. The molecule has 0 N–H and O–H groups in total. The van der Waals surface area contributed by atoms with Crippen LogP contribution in [0.25, 0.3) is 0 Å². The maximum atomic E-state index is 12.9. The van der Waals surface area contributed by atoms with Crippen LogP contribution >= 0.6 is 0 Å². The van der Waals surface area contributed by atoms with Crippen LogP contribution in [-0.2, 0) is 22.0 Å². The molecular formula is C21H25F2N5O3S. The molecule has 2 saturated heterocycles. The number of hydrogen-bond donors (Lipinski definition) is 0. The van der Waals surface area contributed by atoms with Gasteiger partial charge in [-0.05, 0) is 18.4 Å². The number of nitrogens with zero attached hydrogens (tertiary/aromatic N) is 5. The molecule has 32 heavy (non-hydrogen) atoms. The zero-order valence-electron chi connectivity index (χ0n) is 17.9. The van der Waals surface area contributed by atoms with Crippen LogP contribution in [0.1, 0.15) is 18.9 Å². The molecule has 2 atom stereocenters. The highest BCUT2D eigenvalue weighted by atomic mass is 32.2. The Morgan fingerprint density at radius 1 is 1.19 bits per heavy atom. The number of pyridine rings is 1. The third-order valence-electron chi connectivity index (χ3n) is 5.61. The number of aromatic nitrogens is 3. The van der Waals surface area contributed by atoms with Crippen molar-refractivity contribution in [2.75, 3.05) is 42.3 Å². The Hall–Kier alpha value is -2.69. The molecule has 0 saturated carbocycles. The van der Waals surface area contributed by atoms with Crippen LogP contribution in [0.15, 0.2) is 30.7 Å². The average molecular weight is 466 g/mol. The minimum absolute atomic E-state index is 0.00213. The van der Waals surface area contributed by atoms with Crippen LogP contribution in [-0.4, -0.2) is 68.7 Å². The summed E-state index contributed by atoms with van der Waals surface area (Å²) in [6.07, 6.45) is 7.76. The number of ether oxygens (including phenoxy) is 1. The van der Waals surface area contributed by atoms with Crippen LogP contribution < -0.4 is 14.5 Å². The Balaban J connectivity index is 1.31. The van der Waals surface area contributed by atoms with Gasteiger partial charge in [-0.2, -0.15) is 0 Å². The summed E-state index contributed by atoms with van der Waals surface area (Å²) in [6, 6.07) is 3.28. The minimum atomic E-state index is -2.92. The lowest BCUT2D eigenvalue weighted by atomic mass is 9.99. The molecule has 0 aromatic carbocycles. The van der Waals surface area contributed by atoms with E-state index in [1.54, 1.807) is 41.9 Å². The zero-order valence-corrected chi connectivity index (χ0v) is 18.7. The Labute approximate surface area is 187 Å². The molecule has 4 rings (SSSR count). The van der Waals surface area contributed by atoms with E-state index in [0.717, 1.165) is 12.5 Å².